The lowest BCUT2D eigenvalue weighted by molar-refractivity contribution is -0.132. The molecular formula is C22H29N3O2. The van der Waals surface area contributed by atoms with Crippen molar-refractivity contribution in [2.45, 2.75) is 51.0 Å². The smallest absolute Gasteiger partial charge is 0.222 e. The molecule has 1 aromatic heterocycles. The van der Waals surface area contributed by atoms with Crippen molar-refractivity contribution in [3.8, 4) is 11.3 Å². The summed E-state index contributed by atoms with van der Waals surface area (Å²) in [6.07, 6.45) is 9.17. The molecule has 5 heteroatoms. The molecule has 0 N–H and O–H groups in total. The summed E-state index contributed by atoms with van der Waals surface area (Å²) in [5.74, 6) is 0.257. The molecule has 4 rings (SSSR count). The van der Waals surface area contributed by atoms with Gasteiger partial charge in [0.25, 0.3) is 0 Å². The Labute approximate surface area is 161 Å². The molecule has 2 aliphatic heterocycles. The summed E-state index contributed by atoms with van der Waals surface area (Å²) in [7, 11) is 0. The van der Waals surface area contributed by atoms with E-state index in [0.717, 1.165) is 42.8 Å². The summed E-state index contributed by atoms with van der Waals surface area (Å²) >= 11 is 0. The van der Waals surface area contributed by atoms with Crippen LogP contribution in [0.1, 0.15) is 44.1 Å². The highest BCUT2D eigenvalue weighted by Crippen LogP contribution is 2.24. The minimum absolute atomic E-state index is 0.257. The van der Waals surface area contributed by atoms with Gasteiger partial charge in [0.2, 0.25) is 5.91 Å². The monoisotopic (exact) mass is 367 g/mol. The molecule has 0 saturated carbocycles. The second-order valence-electron chi connectivity index (χ2n) is 7.76. The molecule has 0 radical (unpaired) electrons. The first-order valence-corrected chi connectivity index (χ1v) is 10.3. The molecule has 3 heterocycles. The van der Waals surface area contributed by atoms with Crippen molar-refractivity contribution >= 4 is 5.91 Å². The number of aromatic nitrogens is 1. The Hall–Kier alpha value is -2.14. The number of hydrogen-bond donors (Lipinski definition) is 0. The summed E-state index contributed by atoms with van der Waals surface area (Å²) in [6.45, 7) is 4.28. The molecule has 0 bridgehead atoms. The third-order valence-corrected chi connectivity index (χ3v) is 6.02. The molecule has 0 spiro atoms. The molecular weight excluding hydrogens is 338 g/mol. The van der Waals surface area contributed by atoms with Gasteiger partial charge in [-0.15, -0.1) is 0 Å². The van der Waals surface area contributed by atoms with Crippen molar-refractivity contribution < 1.29 is 9.32 Å². The Balaban J connectivity index is 1.28. The van der Waals surface area contributed by atoms with Gasteiger partial charge in [-0.3, -0.25) is 4.79 Å². The van der Waals surface area contributed by atoms with Crippen LogP contribution < -0.4 is 0 Å². The molecule has 1 amide bonds. The first-order valence-electron chi connectivity index (χ1n) is 10.3. The van der Waals surface area contributed by atoms with Crippen molar-refractivity contribution in [2.24, 2.45) is 0 Å². The number of carbonyl (C=O) groups excluding carboxylic acids is 1. The van der Waals surface area contributed by atoms with Crippen LogP contribution in [-0.4, -0.2) is 53.1 Å². The molecule has 27 heavy (non-hydrogen) atoms. The van der Waals surface area contributed by atoms with Crippen LogP contribution in [-0.2, 0) is 11.2 Å². The van der Waals surface area contributed by atoms with E-state index in [0.29, 0.717) is 18.9 Å². The van der Waals surface area contributed by atoms with Crippen molar-refractivity contribution in [3.63, 3.8) is 0 Å². The maximum absolute atomic E-state index is 12.7. The van der Waals surface area contributed by atoms with Crippen molar-refractivity contribution in [1.29, 1.82) is 0 Å². The first kappa shape index (κ1) is 18.2. The summed E-state index contributed by atoms with van der Waals surface area (Å²) < 4.78 is 5.18. The quantitative estimate of drug-likeness (QED) is 0.808. The predicted octanol–water partition coefficient (Wildman–Crippen LogP) is 3.75. The van der Waals surface area contributed by atoms with Gasteiger partial charge in [-0.05, 0) is 45.2 Å². The van der Waals surface area contributed by atoms with E-state index in [1.807, 2.05) is 30.3 Å². The second kappa shape index (κ2) is 8.70. The molecule has 2 fully saturated rings. The van der Waals surface area contributed by atoms with Gasteiger partial charge < -0.3 is 14.3 Å². The zero-order valence-corrected chi connectivity index (χ0v) is 16.0. The van der Waals surface area contributed by atoms with E-state index in [-0.39, 0.29) is 5.91 Å². The number of piperidine rings is 2. The zero-order valence-electron chi connectivity index (χ0n) is 16.0. The number of amides is 1. The predicted molar refractivity (Wildman–Crippen MR) is 105 cm³/mol. The van der Waals surface area contributed by atoms with Crippen LogP contribution in [0, 0.1) is 0 Å². The zero-order chi connectivity index (χ0) is 18.5. The largest absolute Gasteiger partial charge is 0.364 e. The lowest BCUT2D eigenvalue weighted by Crippen LogP contribution is -2.48. The van der Waals surface area contributed by atoms with Gasteiger partial charge in [0.05, 0.1) is 0 Å². The van der Waals surface area contributed by atoms with E-state index in [1.165, 1.54) is 32.4 Å². The summed E-state index contributed by atoms with van der Waals surface area (Å²) in [6, 6.07) is 10.7. The number of likely N-dealkylation sites (tertiary alicyclic amines) is 2. The molecule has 0 aliphatic carbocycles. The van der Waals surface area contributed by atoms with Crippen molar-refractivity contribution in [3.05, 3.63) is 42.2 Å². The van der Waals surface area contributed by atoms with E-state index in [9.17, 15) is 4.79 Å². The number of nitrogens with zero attached hydrogens (tertiary/aromatic N) is 3. The maximum Gasteiger partial charge on any atom is 0.222 e. The molecule has 144 valence electrons. The van der Waals surface area contributed by atoms with Crippen molar-refractivity contribution in [2.75, 3.05) is 26.2 Å². The van der Waals surface area contributed by atoms with Crippen LogP contribution in [0.4, 0.5) is 0 Å². The minimum Gasteiger partial charge on any atom is -0.364 e. The fourth-order valence-electron chi connectivity index (χ4n) is 4.43. The molecule has 5 nitrogen and oxygen atoms in total. The number of rotatable bonds is 5. The Morgan fingerprint density at radius 3 is 2.52 bits per heavy atom. The van der Waals surface area contributed by atoms with E-state index in [4.69, 9.17) is 4.52 Å². The highest BCUT2D eigenvalue weighted by atomic mass is 16.5. The molecule has 2 saturated heterocycles. The summed E-state index contributed by atoms with van der Waals surface area (Å²) in [5, 5.41) is 4.13. The fraction of sp³-hybridized carbons (Fsp3) is 0.545. The van der Waals surface area contributed by atoms with E-state index in [2.05, 4.69) is 15.0 Å². The summed E-state index contributed by atoms with van der Waals surface area (Å²) in [5.41, 5.74) is 2.90. The van der Waals surface area contributed by atoms with Gasteiger partial charge in [-0.2, -0.15) is 0 Å². The van der Waals surface area contributed by atoms with Gasteiger partial charge in [-0.25, -0.2) is 0 Å². The number of benzene rings is 1. The molecule has 2 aliphatic rings. The fourth-order valence-corrected chi connectivity index (χ4v) is 4.43. The Morgan fingerprint density at radius 2 is 1.78 bits per heavy atom. The van der Waals surface area contributed by atoms with Gasteiger partial charge in [0.1, 0.15) is 12.0 Å². The molecule has 2 aromatic rings. The highest BCUT2D eigenvalue weighted by molar-refractivity contribution is 5.77. The third-order valence-electron chi connectivity index (χ3n) is 6.02. The lowest BCUT2D eigenvalue weighted by atomic mass is 9.99. The Bertz CT molecular complexity index is 729. The van der Waals surface area contributed by atoms with Crippen LogP contribution in [0.25, 0.3) is 11.3 Å². The van der Waals surface area contributed by atoms with E-state index < -0.39 is 0 Å². The Morgan fingerprint density at radius 1 is 1.04 bits per heavy atom. The van der Waals surface area contributed by atoms with E-state index >= 15 is 0 Å². The minimum atomic E-state index is 0.257. The second-order valence-corrected chi connectivity index (χ2v) is 7.76. The van der Waals surface area contributed by atoms with Crippen LogP contribution in [0.5, 0.6) is 0 Å². The lowest BCUT2D eigenvalue weighted by Gasteiger charge is -2.40. The van der Waals surface area contributed by atoms with Gasteiger partial charge in [-0.1, -0.05) is 41.9 Å². The average molecular weight is 367 g/mol. The third kappa shape index (κ3) is 4.41. The van der Waals surface area contributed by atoms with Gasteiger partial charge >= 0.3 is 0 Å². The molecule has 0 atom stereocenters. The maximum atomic E-state index is 12.7. The number of aryl methyl sites for hydroxylation is 1. The number of hydrogen-bond acceptors (Lipinski definition) is 4. The summed E-state index contributed by atoms with van der Waals surface area (Å²) in [4.78, 5) is 17.4. The van der Waals surface area contributed by atoms with Gasteiger partial charge in [0, 0.05) is 36.7 Å². The Kier molecular flexibility index (Phi) is 5.87. The molecule has 0 unspecified atom stereocenters. The van der Waals surface area contributed by atoms with Crippen molar-refractivity contribution in [1.82, 2.24) is 15.0 Å². The standard InChI is InChI=1S/C22H29N3O2/c26-21(25-15-11-20(12-16-25)24-13-5-2-6-14-24)10-9-19-17-27-23-22(19)18-7-3-1-4-8-18/h1,3-4,7-8,17,20H,2,5-6,9-16H2. The van der Waals surface area contributed by atoms with Crippen LogP contribution in [0.2, 0.25) is 0 Å². The first-order chi connectivity index (χ1) is 13.3. The molecule has 1 aromatic carbocycles. The van der Waals surface area contributed by atoms with Crippen LogP contribution in [0.3, 0.4) is 0 Å². The highest BCUT2D eigenvalue weighted by Gasteiger charge is 2.27. The van der Waals surface area contributed by atoms with Crippen LogP contribution in [0.15, 0.2) is 41.1 Å². The topological polar surface area (TPSA) is 49.6 Å². The average Bonchev–Trinajstić information content (AvgIpc) is 3.22. The van der Waals surface area contributed by atoms with Crippen LogP contribution >= 0.6 is 0 Å². The SMILES string of the molecule is O=C(CCc1conc1-c1ccccc1)N1CCC(N2CCCCC2)CC1. The van der Waals surface area contributed by atoms with Gasteiger partial charge in [0.15, 0.2) is 0 Å². The van der Waals surface area contributed by atoms with E-state index in [1.54, 1.807) is 6.26 Å². The normalized spacial score (nSPS) is 19.3. The number of carbonyl (C=O) groups is 1.